The highest BCUT2D eigenvalue weighted by Crippen LogP contribution is 2.29. The Balaban J connectivity index is 1.29. The van der Waals surface area contributed by atoms with Gasteiger partial charge in [-0.15, -0.1) is 10.2 Å². The second kappa shape index (κ2) is 12.9. The van der Waals surface area contributed by atoms with E-state index in [-0.39, 0.29) is 22.3 Å². The highest BCUT2D eigenvalue weighted by Gasteiger charge is 2.23. The molecule has 216 valence electrons. The minimum atomic E-state index is -3.49. The van der Waals surface area contributed by atoms with Crippen LogP contribution in [0.2, 0.25) is 0 Å². The molecule has 3 N–H and O–H groups in total. The average Bonchev–Trinajstić information content (AvgIpc) is 3.70. The maximum Gasteiger partial charge on any atom is 0.270 e. The fraction of sp³-hybridized carbons (Fsp3) is 0.379. The lowest BCUT2D eigenvalue weighted by atomic mass is 10.1. The second-order valence-corrected chi connectivity index (χ2v) is 12.3. The van der Waals surface area contributed by atoms with Crippen molar-refractivity contribution in [2.75, 3.05) is 32.2 Å². The van der Waals surface area contributed by atoms with Crippen LogP contribution in [0.3, 0.4) is 0 Å². The summed E-state index contributed by atoms with van der Waals surface area (Å²) in [6.45, 7) is 6.83. The largest absolute Gasteiger partial charge is 0.414 e. The summed E-state index contributed by atoms with van der Waals surface area (Å²) < 4.78 is 42.5. The molecule has 2 atom stereocenters. The lowest BCUT2D eigenvalue weighted by Crippen LogP contribution is -2.28. The summed E-state index contributed by atoms with van der Waals surface area (Å²) >= 11 is 0. The molecule has 5 rings (SSSR count). The molecular weight excluding hydrogens is 544 g/mol. The number of nitrogens with one attached hydrogen (secondary N) is 1. The standard InChI is InChI=1S/C29H34N6O5S/c1-3-38-14-12-19(2)41(36,37)24-10-8-21(9-11-24)25-17-32-27(30)26(33-25)29-35-34-28(40-29)22-6-4-20(5-7-22)16-31-23-13-15-39-18-23/h4-11,17,19,23,31H,3,12-16,18H2,1-2H3,(H2,30,32)/t19?,23-/m0/s1. The number of nitrogen functional groups attached to an aromatic ring is 1. The fourth-order valence-electron chi connectivity index (χ4n) is 4.45. The van der Waals surface area contributed by atoms with Gasteiger partial charge in [0.25, 0.3) is 5.89 Å². The number of sulfone groups is 1. The van der Waals surface area contributed by atoms with E-state index >= 15 is 0 Å². The fourth-order valence-corrected chi connectivity index (χ4v) is 5.84. The lowest BCUT2D eigenvalue weighted by Gasteiger charge is -2.13. The average molecular weight is 579 g/mol. The molecule has 0 spiro atoms. The number of hydrogen-bond acceptors (Lipinski definition) is 11. The zero-order valence-electron chi connectivity index (χ0n) is 23.1. The third kappa shape index (κ3) is 6.79. The summed E-state index contributed by atoms with van der Waals surface area (Å²) in [7, 11) is -3.49. The van der Waals surface area contributed by atoms with E-state index in [0.717, 1.165) is 37.3 Å². The Morgan fingerprint density at radius 1 is 1.07 bits per heavy atom. The van der Waals surface area contributed by atoms with Crippen molar-refractivity contribution in [3.63, 3.8) is 0 Å². The van der Waals surface area contributed by atoms with Crippen molar-refractivity contribution in [1.82, 2.24) is 25.5 Å². The molecule has 1 aliphatic rings. The van der Waals surface area contributed by atoms with Gasteiger partial charge in [-0.1, -0.05) is 24.3 Å². The maximum atomic E-state index is 12.9. The summed E-state index contributed by atoms with van der Waals surface area (Å²) in [5.41, 5.74) is 9.44. The topological polar surface area (TPSA) is 155 Å². The third-order valence-corrected chi connectivity index (χ3v) is 9.26. The van der Waals surface area contributed by atoms with Crippen LogP contribution in [0, 0.1) is 0 Å². The first-order valence-electron chi connectivity index (χ1n) is 13.6. The Morgan fingerprint density at radius 2 is 1.80 bits per heavy atom. The Kier molecular flexibility index (Phi) is 9.03. The molecule has 1 unspecified atom stereocenters. The van der Waals surface area contributed by atoms with E-state index in [9.17, 15) is 8.42 Å². The number of nitrogens with two attached hydrogens (primary N) is 1. The predicted molar refractivity (Wildman–Crippen MR) is 154 cm³/mol. The zero-order valence-corrected chi connectivity index (χ0v) is 23.9. The van der Waals surface area contributed by atoms with E-state index in [0.29, 0.717) is 42.8 Å². The van der Waals surface area contributed by atoms with E-state index in [1.165, 1.54) is 6.20 Å². The molecule has 0 amide bonds. The van der Waals surface area contributed by atoms with Crippen molar-refractivity contribution >= 4 is 15.7 Å². The van der Waals surface area contributed by atoms with Crippen molar-refractivity contribution in [2.24, 2.45) is 0 Å². The Bertz CT molecular complexity index is 1550. The van der Waals surface area contributed by atoms with Crippen LogP contribution < -0.4 is 11.1 Å². The molecular formula is C29H34N6O5S. The summed E-state index contributed by atoms with van der Waals surface area (Å²) in [6, 6.07) is 14.8. The highest BCUT2D eigenvalue weighted by molar-refractivity contribution is 7.92. The normalized spacial score (nSPS) is 16.2. The van der Waals surface area contributed by atoms with Crippen LogP contribution in [0.1, 0.15) is 32.3 Å². The van der Waals surface area contributed by atoms with Crippen LogP contribution in [-0.4, -0.2) is 66.3 Å². The molecule has 0 aliphatic carbocycles. The minimum Gasteiger partial charge on any atom is -0.414 e. The van der Waals surface area contributed by atoms with E-state index in [2.05, 4.69) is 25.5 Å². The number of aromatic nitrogens is 4. The van der Waals surface area contributed by atoms with E-state index in [4.69, 9.17) is 19.6 Å². The van der Waals surface area contributed by atoms with E-state index < -0.39 is 15.1 Å². The number of hydrogen-bond donors (Lipinski definition) is 2. The minimum absolute atomic E-state index is 0.140. The Morgan fingerprint density at radius 3 is 2.51 bits per heavy atom. The van der Waals surface area contributed by atoms with Crippen LogP contribution in [0.5, 0.6) is 0 Å². The highest BCUT2D eigenvalue weighted by atomic mass is 32.2. The van der Waals surface area contributed by atoms with Crippen LogP contribution in [0.15, 0.2) is 64.0 Å². The van der Waals surface area contributed by atoms with Crippen LogP contribution in [-0.2, 0) is 25.9 Å². The van der Waals surface area contributed by atoms with Gasteiger partial charge >= 0.3 is 0 Å². The number of nitrogens with zero attached hydrogens (tertiary/aromatic N) is 4. The molecule has 0 saturated carbocycles. The first-order chi connectivity index (χ1) is 19.8. The Labute approximate surface area is 239 Å². The monoisotopic (exact) mass is 578 g/mol. The maximum absolute atomic E-state index is 12.9. The summed E-state index contributed by atoms with van der Waals surface area (Å²) in [5.74, 6) is 0.619. The van der Waals surface area contributed by atoms with E-state index in [1.807, 2.05) is 31.2 Å². The molecule has 1 fully saturated rings. The summed E-state index contributed by atoms with van der Waals surface area (Å²) in [6.07, 6.45) is 2.97. The van der Waals surface area contributed by atoms with Crippen LogP contribution in [0.25, 0.3) is 34.3 Å². The summed E-state index contributed by atoms with van der Waals surface area (Å²) in [4.78, 5) is 9.10. The lowest BCUT2D eigenvalue weighted by molar-refractivity contribution is 0.145. The number of anilines is 1. The molecule has 3 heterocycles. The van der Waals surface area contributed by atoms with Gasteiger partial charge in [0.05, 0.1) is 28.6 Å². The molecule has 1 aliphatic heterocycles. The number of ether oxygens (including phenoxy) is 2. The number of rotatable bonds is 12. The van der Waals surface area contributed by atoms with Crippen LogP contribution >= 0.6 is 0 Å². The smallest absolute Gasteiger partial charge is 0.270 e. The van der Waals surface area contributed by atoms with Crippen molar-refractivity contribution in [3.05, 3.63) is 60.3 Å². The zero-order chi connectivity index (χ0) is 28.8. The van der Waals surface area contributed by atoms with Crippen molar-refractivity contribution in [1.29, 1.82) is 0 Å². The van der Waals surface area contributed by atoms with Gasteiger partial charge in [-0.05, 0) is 56.5 Å². The summed E-state index contributed by atoms with van der Waals surface area (Å²) in [5, 5.41) is 11.3. The quantitative estimate of drug-likeness (QED) is 0.235. The molecule has 0 bridgehead atoms. The van der Waals surface area contributed by atoms with Gasteiger partial charge in [-0.3, -0.25) is 0 Å². The van der Waals surface area contributed by atoms with Gasteiger partial charge in [0.2, 0.25) is 5.89 Å². The molecule has 11 nitrogen and oxygen atoms in total. The predicted octanol–water partition coefficient (Wildman–Crippen LogP) is 3.91. The van der Waals surface area contributed by atoms with Gasteiger partial charge in [0.1, 0.15) is 0 Å². The van der Waals surface area contributed by atoms with Crippen molar-refractivity contribution < 1.29 is 22.3 Å². The van der Waals surface area contributed by atoms with Gasteiger partial charge in [0, 0.05) is 43.5 Å². The van der Waals surface area contributed by atoms with Gasteiger partial charge in [-0.2, -0.15) is 0 Å². The Hall–Kier alpha value is -3.71. The molecule has 41 heavy (non-hydrogen) atoms. The van der Waals surface area contributed by atoms with Crippen LogP contribution in [0.4, 0.5) is 5.82 Å². The second-order valence-electron chi connectivity index (χ2n) is 9.91. The van der Waals surface area contributed by atoms with Crippen molar-refractivity contribution in [3.8, 4) is 34.3 Å². The van der Waals surface area contributed by atoms with Gasteiger partial charge < -0.3 is 24.9 Å². The van der Waals surface area contributed by atoms with Gasteiger partial charge in [0.15, 0.2) is 21.3 Å². The SMILES string of the molecule is CCOCCC(C)S(=O)(=O)c1ccc(-c2cnc(N)c(-c3nnc(-c4ccc(CN[C@H]5CCOC5)cc4)o3)n2)cc1. The van der Waals surface area contributed by atoms with E-state index in [1.54, 1.807) is 31.2 Å². The number of benzene rings is 2. The molecule has 2 aromatic carbocycles. The molecule has 1 saturated heterocycles. The third-order valence-electron chi connectivity index (χ3n) is 7.03. The molecule has 12 heteroatoms. The van der Waals surface area contributed by atoms with Crippen molar-refractivity contribution in [2.45, 2.75) is 49.4 Å². The molecule has 2 aromatic heterocycles. The first-order valence-corrected chi connectivity index (χ1v) is 15.2. The molecule has 0 radical (unpaired) electrons. The first kappa shape index (κ1) is 28.8. The van der Waals surface area contributed by atoms with Gasteiger partial charge in [-0.25, -0.2) is 18.4 Å². The molecule has 4 aromatic rings.